The number of fused-ring (bicyclic) bond motifs is 1. The maximum Gasteiger partial charge on any atom is 0.227 e. The number of rotatable bonds is 5. The van der Waals surface area contributed by atoms with Crippen LogP contribution in [-0.4, -0.2) is 46.1 Å². The summed E-state index contributed by atoms with van der Waals surface area (Å²) in [6, 6.07) is 8.09. The SMILES string of the molecule is Cn1cc(C2CN(C(=O)CCCN3C(=O)CCc4ccccc43)CC2(C)C)cn1. The van der Waals surface area contributed by atoms with Crippen LogP contribution in [0.2, 0.25) is 0 Å². The number of aromatic nitrogens is 2. The molecule has 4 rings (SSSR count). The lowest BCUT2D eigenvalue weighted by atomic mass is 9.79. The standard InChI is InChI=1S/C23H30N4O2/c1-23(2)16-26(15-19(23)18-13-24-25(3)14-18)21(28)9-6-12-27-20-8-5-4-7-17(20)10-11-22(27)29/h4-5,7-8,13-14,19H,6,9-12,15-16H2,1-3H3. The maximum absolute atomic E-state index is 12.9. The molecular formula is C23H30N4O2. The minimum absolute atomic E-state index is 0.0282. The van der Waals surface area contributed by atoms with Crippen molar-refractivity contribution < 1.29 is 9.59 Å². The maximum atomic E-state index is 12.9. The van der Waals surface area contributed by atoms with Gasteiger partial charge in [0.05, 0.1) is 6.20 Å². The van der Waals surface area contributed by atoms with E-state index in [9.17, 15) is 9.59 Å². The van der Waals surface area contributed by atoms with Gasteiger partial charge in [-0.3, -0.25) is 14.3 Å². The summed E-state index contributed by atoms with van der Waals surface area (Å²) in [4.78, 5) is 29.1. The van der Waals surface area contributed by atoms with Crippen molar-refractivity contribution in [2.24, 2.45) is 12.5 Å². The summed E-state index contributed by atoms with van der Waals surface area (Å²) in [6.45, 7) is 6.55. The summed E-state index contributed by atoms with van der Waals surface area (Å²) in [5, 5.41) is 4.30. The van der Waals surface area contributed by atoms with Crippen LogP contribution in [0.4, 0.5) is 5.69 Å². The van der Waals surface area contributed by atoms with Gasteiger partial charge in [-0.15, -0.1) is 0 Å². The van der Waals surface area contributed by atoms with Crippen LogP contribution in [0.5, 0.6) is 0 Å². The predicted octanol–water partition coefficient (Wildman–Crippen LogP) is 3.13. The fourth-order valence-electron chi connectivity index (χ4n) is 4.79. The van der Waals surface area contributed by atoms with E-state index in [0.717, 1.165) is 25.2 Å². The minimum Gasteiger partial charge on any atom is -0.342 e. The number of hydrogen-bond donors (Lipinski definition) is 0. The summed E-state index contributed by atoms with van der Waals surface area (Å²) in [6.07, 6.45) is 6.50. The van der Waals surface area contributed by atoms with Crippen molar-refractivity contribution in [2.75, 3.05) is 24.5 Å². The Morgan fingerprint density at radius 2 is 2.03 bits per heavy atom. The Kier molecular flexibility index (Phi) is 5.19. The average Bonchev–Trinajstić information content (AvgIpc) is 3.25. The van der Waals surface area contributed by atoms with Crippen LogP contribution in [0.25, 0.3) is 0 Å². The van der Waals surface area contributed by atoms with Crippen LogP contribution in [-0.2, 0) is 23.1 Å². The van der Waals surface area contributed by atoms with E-state index in [4.69, 9.17) is 0 Å². The van der Waals surface area contributed by atoms with Crippen LogP contribution >= 0.6 is 0 Å². The Bertz CT molecular complexity index is 917. The zero-order chi connectivity index (χ0) is 20.6. The van der Waals surface area contributed by atoms with Crippen molar-refractivity contribution in [3.63, 3.8) is 0 Å². The summed E-state index contributed by atoms with van der Waals surface area (Å²) in [5.41, 5.74) is 3.46. The first kappa shape index (κ1) is 19.7. The van der Waals surface area contributed by atoms with Gasteiger partial charge in [0.15, 0.2) is 0 Å². The van der Waals surface area contributed by atoms with Gasteiger partial charge in [-0.05, 0) is 35.4 Å². The molecule has 0 aliphatic carbocycles. The highest BCUT2D eigenvalue weighted by atomic mass is 16.2. The molecular weight excluding hydrogens is 364 g/mol. The van der Waals surface area contributed by atoms with Crippen LogP contribution in [0, 0.1) is 5.41 Å². The molecule has 6 nitrogen and oxygen atoms in total. The van der Waals surface area contributed by atoms with Crippen molar-refractivity contribution in [1.29, 1.82) is 0 Å². The number of hydrogen-bond acceptors (Lipinski definition) is 3. The van der Waals surface area contributed by atoms with Crippen LogP contribution in [0.3, 0.4) is 0 Å². The second kappa shape index (κ2) is 7.65. The molecule has 0 saturated carbocycles. The molecule has 2 amide bonds. The van der Waals surface area contributed by atoms with Crippen LogP contribution in [0.15, 0.2) is 36.7 Å². The average molecular weight is 395 g/mol. The van der Waals surface area contributed by atoms with Gasteiger partial charge in [0.25, 0.3) is 0 Å². The van der Waals surface area contributed by atoms with Crippen LogP contribution < -0.4 is 4.90 Å². The van der Waals surface area contributed by atoms with Gasteiger partial charge in [-0.25, -0.2) is 0 Å². The monoisotopic (exact) mass is 394 g/mol. The largest absolute Gasteiger partial charge is 0.342 e. The summed E-state index contributed by atoms with van der Waals surface area (Å²) < 4.78 is 1.82. The number of carbonyl (C=O) groups excluding carboxylic acids is 2. The van der Waals surface area contributed by atoms with E-state index in [0.29, 0.717) is 31.7 Å². The molecule has 2 aliphatic heterocycles. The molecule has 2 aromatic rings. The van der Waals surface area contributed by atoms with Crippen LogP contribution in [0.1, 0.15) is 50.2 Å². The topological polar surface area (TPSA) is 58.4 Å². The molecule has 2 aliphatic rings. The third-order valence-corrected chi connectivity index (χ3v) is 6.39. The lowest BCUT2D eigenvalue weighted by Crippen LogP contribution is -2.37. The molecule has 29 heavy (non-hydrogen) atoms. The number of carbonyl (C=O) groups is 2. The van der Waals surface area contributed by atoms with Crippen molar-refractivity contribution in [3.05, 3.63) is 47.8 Å². The van der Waals surface area contributed by atoms with Gasteiger partial charge in [-0.2, -0.15) is 5.10 Å². The van der Waals surface area contributed by atoms with E-state index in [1.54, 1.807) is 0 Å². The molecule has 154 valence electrons. The molecule has 1 aromatic carbocycles. The number of anilines is 1. The Morgan fingerprint density at radius 3 is 2.79 bits per heavy atom. The highest BCUT2D eigenvalue weighted by Gasteiger charge is 2.42. The van der Waals surface area contributed by atoms with E-state index in [1.807, 2.05) is 45.9 Å². The van der Waals surface area contributed by atoms with Crippen molar-refractivity contribution in [1.82, 2.24) is 14.7 Å². The fraction of sp³-hybridized carbons (Fsp3) is 0.522. The van der Waals surface area contributed by atoms with Crippen molar-refractivity contribution in [2.45, 2.75) is 45.4 Å². The van der Waals surface area contributed by atoms with Gasteiger partial charge < -0.3 is 9.80 Å². The second-order valence-corrected chi connectivity index (χ2v) is 9.04. The number of aryl methyl sites for hydroxylation is 2. The van der Waals surface area contributed by atoms with E-state index in [-0.39, 0.29) is 17.2 Å². The first-order valence-corrected chi connectivity index (χ1v) is 10.5. The molecule has 0 bridgehead atoms. The first-order chi connectivity index (χ1) is 13.8. The minimum atomic E-state index is 0.0282. The molecule has 1 saturated heterocycles. The number of likely N-dealkylation sites (tertiary alicyclic amines) is 1. The molecule has 1 aromatic heterocycles. The lowest BCUT2D eigenvalue weighted by molar-refractivity contribution is -0.130. The number of para-hydroxylation sites is 1. The highest BCUT2D eigenvalue weighted by molar-refractivity contribution is 5.96. The molecule has 0 spiro atoms. The van der Waals surface area contributed by atoms with E-state index < -0.39 is 0 Å². The predicted molar refractivity (Wildman–Crippen MR) is 113 cm³/mol. The molecule has 0 radical (unpaired) electrons. The highest BCUT2D eigenvalue weighted by Crippen LogP contribution is 2.42. The molecule has 1 fully saturated rings. The molecule has 6 heteroatoms. The van der Waals surface area contributed by atoms with Gasteiger partial charge in [0, 0.05) is 57.3 Å². The smallest absolute Gasteiger partial charge is 0.227 e. The van der Waals surface area contributed by atoms with Crippen molar-refractivity contribution >= 4 is 17.5 Å². The number of nitrogens with zero attached hydrogens (tertiary/aromatic N) is 4. The summed E-state index contributed by atoms with van der Waals surface area (Å²) >= 11 is 0. The third-order valence-electron chi connectivity index (χ3n) is 6.39. The zero-order valence-corrected chi connectivity index (χ0v) is 17.6. The third kappa shape index (κ3) is 3.93. The fourth-order valence-corrected chi connectivity index (χ4v) is 4.79. The lowest BCUT2D eigenvalue weighted by Gasteiger charge is -2.29. The Hall–Kier alpha value is -2.63. The normalized spacial score (nSPS) is 20.8. The first-order valence-electron chi connectivity index (χ1n) is 10.5. The molecule has 3 heterocycles. The summed E-state index contributed by atoms with van der Waals surface area (Å²) in [7, 11) is 1.93. The van der Waals surface area contributed by atoms with Gasteiger partial charge in [-0.1, -0.05) is 32.0 Å². The Morgan fingerprint density at radius 1 is 1.24 bits per heavy atom. The Balaban J connectivity index is 1.35. The Labute approximate surface area is 172 Å². The van der Waals surface area contributed by atoms with Gasteiger partial charge in [0.2, 0.25) is 11.8 Å². The zero-order valence-electron chi connectivity index (χ0n) is 17.6. The molecule has 1 unspecified atom stereocenters. The number of benzene rings is 1. The number of amides is 2. The van der Waals surface area contributed by atoms with Gasteiger partial charge >= 0.3 is 0 Å². The molecule has 0 N–H and O–H groups in total. The van der Waals surface area contributed by atoms with Crippen molar-refractivity contribution in [3.8, 4) is 0 Å². The van der Waals surface area contributed by atoms with Gasteiger partial charge in [0.1, 0.15) is 0 Å². The van der Waals surface area contributed by atoms with E-state index >= 15 is 0 Å². The second-order valence-electron chi connectivity index (χ2n) is 9.04. The molecule has 1 atom stereocenters. The van der Waals surface area contributed by atoms with E-state index in [1.165, 1.54) is 11.1 Å². The quantitative estimate of drug-likeness (QED) is 0.783. The summed E-state index contributed by atoms with van der Waals surface area (Å²) in [5.74, 6) is 0.646. The van der Waals surface area contributed by atoms with E-state index in [2.05, 4.69) is 31.2 Å².